The lowest BCUT2D eigenvalue weighted by Crippen LogP contribution is -2.11. The van der Waals surface area contributed by atoms with Crippen LogP contribution in [0.3, 0.4) is 0 Å². The van der Waals surface area contributed by atoms with Gasteiger partial charge in [-0.1, -0.05) is 36.8 Å². The number of nitrogens with one attached hydrogen (secondary N) is 1. The third-order valence-corrected chi connectivity index (χ3v) is 4.36. The van der Waals surface area contributed by atoms with Crippen LogP contribution in [0.2, 0.25) is 0 Å². The maximum absolute atomic E-state index is 12.3. The first kappa shape index (κ1) is 16.3. The summed E-state index contributed by atoms with van der Waals surface area (Å²) in [5.74, 6) is -0.180. The number of benzene rings is 1. The molecule has 0 aliphatic rings. The van der Waals surface area contributed by atoms with E-state index in [1.807, 2.05) is 12.1 Å². The van der Waals surface area contributed by atoms with Crippen LogP contribution in [0.1, 0.15) is 40.7 Å². The monoisotopic (exact) mass is 342 g/mol. The molecule has 0 saturated carbocycles. The number of hydrogen-bond donors (Lipinski definition) is 1. The van der Waals surface area contributed by atoms with E-state index in [1.165, 1.54) is 17.7 Å². The minimum absolute atomic E-state index is 0.180. The Morgan fingerprint density at radius 2 is 2.08 bits per heavy atom. The summed E-state index contributed by atoms with van der Waals surface area (Å²) in [6, 6.07) is 7.40. The summed E-state index contributed by atoms with van der Waals surface area (Å²) < 4.78 is 1.73. The lowest BCUT2D eigenvalue weighted by atomic mass is 10.1. The van der Waals surface area contributed by atoms with Crippen molar-refractivity contribution < 1.29 is 4.79 Å². The van der Waals surface area contributed by atoms with Crippen molar-refractivity contribution >= 4 is 22.4 Å². The molecular weight excluding hydrogens is 324 g/mol. The van der Waals surface area contributed by atoms with Crippen molar-refractivity contribution in [1.82, 2.24) is 25.0 Å². The number of hydrogen-bond acceptors (Lipinski definition) is 6. The van der Waals surface area contributed by atoms with Crippen molar-refractivity contribution in [2.45, 2.75) is 32.7 Å². The summed E-state index contributed by atoms with van der Waals surface area (Å²) in [5.41, 5.74) is 1.64. The number of amides is 1. The second-order valence-electron chi connectivity index (χ2n) is 5.35. The molecule has 124 valence electrons. The fourth-order valence-electron chi connectivity index (χ4n) is 2.17. The Labute approximate surface area is 143 Å². The Morgan fingerprint density at radius 3 is 2.79 bits per heavy atom. The molecular formula is C16H18N6OS. The predicted molar refractivity (Wildman–Crippen MR) is 92.0 cm³/mol. The van der Waals surface area contributed by atoms with Crippen molar-refractivity contribution in [2.24, 2.45) is 0 Å². The van der Waals surface area contributed by atoms with Crippen molar-refractivity contribution in [3.8, 4) is 0 Å². The Balaban J connectivity index is 1.59. The molecule has 2 aromatic heterocycles. The molecule has 3 rings (SSSR count). The highest BCUT2D eigenvalue weighted by Crippen LogP contribution is 2.18. The minimum atomic E-state index is -0.180. The molecule has 0 unspecified atom stereocenters. The number of anilines is 1. The topological polar surface area (TPSA) is 85.6 Å². The first-order chi connectivity index (χ1) is 11.7. The summed E-state index contributed by atoms with van der Waals surface area (Å²) in [6.45, 7) is 2.76. The summed E-state index contributed by atoms with van der Waals surface area (Å²) in [5, 5.41) is 16.5. The highest BCUT2D eigenvalue weighted by atomic mass is 32.1. The SMILES string of the molecule is CCCCc1nnc(NC(=O)c2ccc(Cn3cncn3)cc2)s1. The highest BCUT2D eigenvalue weighted by Gasteiger charge is 2.10. The molecule has 3 aromatic rings. The molecule has 24 heavy (non-hydrogen) atoms. The molecule has 0 aliphatic heterocycles. The molecule has 1 N–H and O–H groups in total. The lowest BCUT2D eigenvalue weighted by Gasteiger charge is -2.04. The van der Waals surface area contributed by atoms with Crippen LogP contribution in [0, 0.1) is 0 Å². The molecule has 0 radical (unpaired) electrons. The molecule has 8 heteroatoms. The van der Waals surface area contributed by atoms with Gasteiger partial charge in [-0.05, 0) is 24.1 Å². The van der Waals surface area contributed by atoms with Crippen LogP contribution in [0.15, 0.2) is 36.9 Å². The van der Waals surface area contributed by atoms with E-state index < -0.39 is 0 Å². The molecule has 0 aliphatic carbocycles. The third kappa shape index (κ3) is 4.23. The van der Waals surface area contributed by atoms with Gasteiger partial charge in [0.15, 0.2) is 0 Å². The van der Waals surface area contributed by atoms with Crippen LogP contribution < -0.4 is 5.32 Å². The number of carbonyl (C=O) groups excluding carboxylic acids is 1. The highest BCUT2D eigenvalue weighted by molar-refractivity contribution is 7.15. The summed E-state index contributed by atoms with van der Waals surface area (Å²) >= 11 is 1.43. The largest absolute Gasteiger partial charge is 0.296 e. The number of aryl methyl sites for hydroxylation is 1. The van der Waals surface area contributed by atoms with Gasteiger partial charge in [-0.2, -0.15) is 5.10 Å². The van der Waals surface area contributed by atoms with Gasteiger partial charge in [0.2, 0.25) is 5.13 Å². The van der Waals surface area contributed by atoms with Crippen LogP contribution in [-0.2, 0) is 13.0 Å². The van der Waals surface area contributed by atoms with Crippen LogP contribution in [0.4, 0.5) is 5.13 Å². The van der Waals surface area contributed by atoms with E-state index in [9.17, 15) is 4.79 Å². The number of aromatic nitrogens is 5. The first-order valence-corrected chi connectivity index (χ1v) is 8.61. The van der Waals surface area contributed by atoms with E-state index in [-0.39, 0.29) is 5.91 Å². The lowest BCUT2D eigenvalue weighted by molar-refractivity contribution is 0.102. The van der Waals surface area contributed by atoms with E-state index in [0.29, 0.717) is 17.2 Å². The van der Waals surface area contributed by atoms with Crippen molar-refractivity contribution in [2.75, 3.05) is 5.32 Å². The zero-order valence-corrected chi connectivity index (χ0v) is 14.2. The van der Waals surface area contributed by atoms with E-state index in [0.717, 1.165) is 29.8 Å². The van der Waals surface area contributed by atoms with Crippen molar-refractivity contribution in [3.05, 3.63) is 53.1 Å². The van der Waals surface area contributed by atoms with Crippen LogP contribution in [-0.4, -0.2) is 30.9 Å². The zero-order valence-electron chi connectivity index (χ0n) is 13.3. The Morgan fingerprint density at radius 1 is 1.25 bits per heavy atom. The van der Waals surface area contributed by atoms with Crippen molar-refractivity contribution in [3.63, 3.8) is 0 Å². The number of unbranched alkanes of at least 4 members (excludes halogenated alkanes) is 1. The maximum Gasteiger partial charge on any atom is 0.257 e. The fraction of sp³-hybridized carbons (Fsp3) is 0.312. The van der Waals surface area contributed by atoms with Crippen LogP contribution in [0.25, 0.3) is 0 Å². The standard InChI is InChI=1S/C16H18N6OS/c1-2-3-4-14-20-21-16(24-14)19-15(23)13-7-5-12(6-8-13)9-22-11-17-10-18-22/h5-8,10-11H,2-4,9H2,1H3,(H,19,21,23). The van der Waals surface area contributed by atoms with Gasteiger partial charge in [-0.3, -0.25) is 10.1 Å². The second kappa shape index (κ2) is 7.78. The van der Waals surface area contributed by atoms with Gasteiger partial charge in [0.25, 0.3) is 5.91 Å². The van der Waals surface area contributed by atoms with Gasteiger partial charge >= 0.3 is 0 Å². The zero-order chi connectivity index (χ0) is 16.8. The van der Waals surface area contributed by atoms with E-state index in [2.05, 4.69) is 32.5 Å². The van der Waals surface area contributed by atoms with Crippen LogP contribution in [0.5, 0.6) is 0 Å². The third-order valence-electron chi connectivity index (χ3n) is 3.46. The molecule has 0 fully saturated rings. The summed E-state index contributed by atoms with van der Waals surface area (Å²) in [7, 11) is 0. The smallest absolute Gasteiger partial charge is 0.257 e. The van der Waals surface area contributed by atoms with E-state index in [1.54, 1.807) is 23.1 Å². The Hall–Kier alpha value is -2.61. The average molecular weight is 342 g/mol. The van der Waals surface area contributed by atoms with Gasteiger partial charge in [-0.15, -0.1) is 10.2 Å². The van der Waals surface area contributed by atoms with Crippen molar-refractivity contribution in [1.29, 1.82) is 0 Å². The summed E-state index contributed by atoms with van der Waals surface area (Å²) in [4.78, 5) is 16.2. The molecule has 1 aromatic carbocycles. The first-order valence-electron chi connectivity index (χ1n) is 7.79. The normalized spacial score (nSPS) is 10.7. The van der Waals surface area contributed by atoms with E-state index in [4.69, 9.17) is 0 Å². The van der Waals surface area contributed by atoms with Gasteiger partial charge in [-0.25, -0.2) is 9.67 Å². The molecule has 0 bridgehead atoms. The number of rotatable bonds is 7. The molecule has 1 amide bonds. The van der Waals surface area contributed by atoms with Gasteiger partial charge in [0.05, 0.1) is 6.54 Å². The van der Waals surface area contributed by atoms with Gasteiger partial charge < -0.3 is 0 Å². The van der Waals surface area contributed by atoms with E-state index >= 15 is 0 Å². The Kier molecular flexibility index (Phi) is 5.27. The average Bonchev–Trinajstić information content (AvgIpc) is 3.25. The minimum Gasteiger partial charge on any atom is -0.296 e. The number of carbonyl (C=O) groups is 1. The fourth-order valence-corrected chi connectivity index (χ4v) is 2.94. The quantitative estimate of drug-likeness (QED) is 0.713. The number of nitrogens with zero attached hydrogens (tertiary/aromatic N) is 5. The molecule has 7 nitrogen and oxygen atoms in total. The second-order valence-corrected chi connectivity index (χ2v) is 6.41. The maximum atomic E-state index is 12.3. The molecule has 0 saturated heterocycles. The van der Waals surface area contributed by atoms with Gasteiger partial charge in [0.1, 0.15) is 17.7 Å². The molecule has 0 spiro atoms. The molecule has 0 atom stereocenters. The van der Waals surface area contributed by atoms with Crippen LogP contribution >= 0.6 is 11.3 Å². The Bertz CT molecular complexity index is 781. The summed E-state index contributed by atoms with van der Waals surface area (Å²) in [6.07, 6.45) is 6.25. The predicted octanol–water partition coefficient (Wildman–Crippen LogP) is 2.77. The van der Waals surface area contributed by atoms with Gasteiger partial charge in [0, 0.05) is 12.0 Å². The molecule has 2 heterocycles.